The van der Waals surface area contributed by atoms with Crippen LogP contribution in [0.5, 0.6) is 0 Å². The van der Waals surface area contributed by atoms with E-state index in [-0.39, 0.29) is 5.56 Å². The molecule has 1 rings (SSSR count). The first-order valence-electron chi connectivity index (χ1n) is 4.34. The quantitative estimate of drug-likeness (QED) is 0.338. The molecule has 0 saturated carbocycles. The Morgan fingerprint density at radius 2 is 1.59 bits per heavy atom. The van der Waals surface area contributed by atoms with Crippen molar-refractivity contribution in [1.29, 1.82) is 0 Å². The van der Waals surface area contributed by atoms with E-state index < -0.39 is 27.4 Å². The Hall–Kier alpha value is -0.270. The second kappa shape index (κ2) is 4.78. The predicted octanol–water partition coefficient (Wildman–Crippen LogP) is -1.25. The molecule has 96 valence electrons. The number of aromatic nitrogens is 1. The smallest absolute Gasteiger partial charge is 0.314 e. The Balaban J connectivity index is 3.11. The maximum Gasteiger partial charge on any atom is 0.489 e. The van der Waals surface area contributed by atoms with Crippen molar-refractivity contribution in [2.45, 2.75) is 11.5 Å². The molecule has 0 aliphatic heterocycles. The fourth-order valence-electron chi connectivity index (χ4n) is 1.17. The fraction of sp³-hybridized carbons (Fsp3) is 0.286. The lowest BCUT2D eigenvalue weighted by molar-refractivity contribution is 0.104. The van der Waals surface area contributed by atoms with E-state index >= 15 is 0 Å². The Kier molecular flexibility index (Phi) is 4.16. The predicted molar refractivity (Wildman–Crippen MR) is 60.0 cm³/mol. The van der Waals surface area contributed by atoms with Gasteiger partial charge in [0.1, 0.15) is 0 Å². The highest BCUT2D eigenvalue weighted by molar-refractivity contribution is 7.78. The van der Waals surface area contributed by atoms with Crippen molar-refractivity contribution in [3.63, 3.8) is 0 Å². The van der Waals surface area contributed by atoms with E-state index in [1.807, 2.05) is 0 Å². The topological polar surface area (TPSA) is 154 Å². The molecule has 17 heavy (non-hydrogen) atoms. The van der Waals surface area contributed by atoms with Gasteiger partial charge in [-0.15, -0.1) is 0 Å². The van der Waals surface area contributed by atoms with E-state index in [2.05, 4.69) is 4.98 Å². The van der Waals surface area contributed by atoms with Crippen LogP contribution in [0.4, 0.5) is 0 Å². The standard InChI is InChI=1S/C7H13NO7P2/c9-7(16(10,11)12,17(13,14)15)4-6-2-1-3-8-5-6/h1-3,5,9-15H,4H2/q+2. The Labute approximate surface area is 97.6 Å². The molecule has 10 heteroatoms. The highest BCUT2D eigenvalue weighted by Crippen LogP contribution is 2.76. The van der Waals surface area contributed by atoms with E-state index in [4.69, 9.17) is 29.4 Å². The zero-order valence-corrected chi connectivity index (χ0v) is 10.3. The van der Waals surface area contributed by atoms with Crippen molar-refractivity contribution in [2.24, 2.45) is 0 Å². The second-order valence-electron chi connectivity index (χ2n) is 3.45. The lowest BCUT2D eigenvalue weighted by Crippen LogP contribution is -2.37. The highest BCUT2D eigenvalue weighted by Gasteiger charge is 2.78. The number of aliphatic hydroxyl groups is 1. The van der Waals surface area contributed by atoms with Crippen LogP contribution >= 0.6 is 15.9 Å². The first-order valence-corrected chi connectivity index (χ1v) is 7.63. The summed E-state index contributed by atoms with van der Waals surface area (Å²) in [6.45, 7) is 0. The summed E-state index contributed by atoms with van der Waals surface area (Å²) in [5.74, 6) is 0. The van der Waals surface area contributed by atoms with Gasteiger partial charge < -0.3 is 5.11 Å². The first kappa shape index (κ1) is 14.8. The van der Waals surface area contributed by atoms with Gasteiger partial charge in [0.25, 0.3) is 0 Å². The minimum Gasteiger partial charge on any atom is -0.314 e. The van der Waals surface area contributed by atoms with Crippen LogP contribution in [-0.2, 0) is 6.42 Å². The van der Waals surface area contributed by atoms with Crippen molar-refractivity contribution in [2.75, 3.05) is 0 Å². The molecule has 0 unspecified atom stereocenters. The maximum absolute atomic E-state index is 9.71. The lowest BCUT2D eigenvalue weighted by Gasteiger charge is -2.24. The first-order chi connectivity index (χ1) is 7.58. The monoisotopic (exact) mass is 285 g/mol. The molecule has 0 aliphatic rings. The molecule has 0 bridgehead atoms. The summed E-state index contributed by atoms with van der Waals surface area (Å²) >= 11 is 0. The van der Waals surface area contributed by atoms with Gasteiger partial charge in [0.15, 0.2) is 0 Å². The van der Waals surface area contributed by atoms with Crippen molar-refractivity contribution in [1.82, 2.24) is 4.98 Å². The summed E-state index contributed by atoms with van der Waals surface area (Å²) < 4.78 is 0. The molecular weight excluding hydrogens is 272 g/mol. The summed E-state index contributed by atoms with van der Waals surface area (Å²) in [6.07, 6.45) is 1.84. The summed E-state index contributed by atoms with van der Waals surface area (Å²) in [6, 6.07) is 2.84. The van der Waals surface area contributed by atoms with E-state index in [9.17, 15) is 5.11 Å². The van der Waals surface area contributed by atoms with Crippen molar-refractivity contribution in [3.8, 4) is 0 Å². The normalized spacial score (nSPS) is 13.8. The summed E-state index contributed by atoms with van der Waals surface area (Å²) in [5, 5.41) is 6.50. The molecule has 8 nitrogen and oxygen atoms in total. The minimum atomic E-state index is -5.10. The third-order valence-electron chi connectivity index (χ3n) is 2.13. The van der Waals surface area contributed by atoms with Crippen LogP contribution < -0.4 is 0 Å². The summed E-state index contributed by atoms with van der Waals surface area (Å²) in [7, 11) is -10.2. The number of hydrogen-bond donors (Lipinski definition) is 7. The Bertz CT molecular complexity index is 360. The van der Waals surface area contributed by atoms with Crippen LogP contribution in [0.1, 0.15) is 5.56 Å². The van der Waals surface area contributed by atoms with Crippen LogP contribution in [0.25, 0.3) is 0 Å². The molecule has 0 aromatic carbocycles. The van der Waals surface area contributed by atoms with Crippen LogP contribution in [0.3, 0.4) is 0 Å². The van der Waals surface area contributed by atoms with Gasteiger partial charge in [-0.05, 0) is 11.6 Å². The molecule has 7 N–H and O–H groups in total. The third-order valence-corrected chi connectivity index (χ3v) is 5.97. The highest BCUT2D eigenvalue weighted by atomic mass is 31.3. The van der Waals surface area contributed by atoms with E-state index in [0.717, 1.165) is 0 Å². The minimum absolute atomic E-state index is 0.179. The molecule has 1 aromatic rings. The maximum atomic E-state index is 9.71. The molecule has 1 aromatic heterocycles. The number of hydrogen-bond acceptors (Lipinski definition) is 8. The van der Waals surface area contributed by atoms with Crippen LogP contribution in [0.2, 0.25) is 0 Å². The van der Waals surface area contributed by atoms with Gasteiger partial charge in [-0.3, -0.25) is 4.98 Å². The molecule has 0 radical (unpaired) electrons. The van der Waals surface area contributed by atoms with Crippen molar-refractivity contribution < 1.29 is 34.5 Å². The molecule has 0 spiro atoms. The second-order valence-corrected chi connectivity index (χ2v) is 7.55. The number of nitrogens with zero attached hydrogens (tertiary/aromatic N) is 1. The third kappa shape index (κ3) is 3.14. The molecular formula is C7H13NO7P2+2. The molecule has 0 amide bonds. The zero-order chi connectivity index (χ0) is 13.3. The van der Waals surface area contributed by atoms with Gasteiger partial charge in [0.05, 0.1) is 6.42 Å². The number of pyridine rings is 1. The fourth-order valence-corrected chi connectivity index (χ4v) is 3.40. The van der Waals surface area contributed by atoms with Gasteiger partial charge in [-0.1, -0.05) is 6.07 Å². The SMILES string of the molecule is OC(Cc1cccnc1)([P+](O)(O)O)[P+](O)(O)O. The van der Waals surface area contributed by atoms with Crippen LogP contribution in [0.15, 0.2) is 24.5 Å². The largest absolute Gasteiger partial charge is 0.489 e. The van der Waals surface area contributed by atoms with E-state index in [0.29, 0.717) is 0 Å². The molecule has 0 fully saturated rings. The zero-order valence-electron chi connectivity index (χ0n) is 8.49. The van der Waals surface area contributed by atoms with Gasteiger partial charge in [-0.25, -0.2) is 0 Å². The van der Waals surface area contributed by atoms with Crippen molar-refractivity contribution >= 4 is 15.9 Å². The van der Waals surface area contributed by atoms with Gasteiger partial charge in [0, 0.05) is 12.4 Å². The van der Waals surface area contributed by atoms with Crippen LogP contribution in [-0.4, -0.2) is 44.5 Å². The van der Waals surface area contributed by atoms with Gasteiger partial charge >= 0.3 is 21.0 Å². The molecule has 0 aliphatic carbocycles. The summed E-state index contributed by atoms with van der Waals surface area (Å²) in [5.41, 5.74) is 0.179. The number of rotatable bonds is 4. The Morgan fingerprint density at radius 1 is 1.06 bits per heavy atom. The van der Waals surface area contributed by atoms with Gasteiger partial charge in [0.2, 0.25) is 0 Å². The van der Waals surface area contributed by atoms with Gasteiger partial charge in [-0.2, -0.15) is 29.4 Å². The molecule has 0 saturated heterocycles. The average molecular weight is 285 g/mol. The summed E-state index contributed by atoms with van der Waals surface area (Å²) in [4.78, 5) is 57.9. The van der Waals surface area contributed by atoms with E-state index in [1.165, 1.54) is 24.5 Å². The molecule has 1 heterocycles. The van der Waals surface area contributed by atoms with Crippen LogP contribution in [0, 0.1) is 0 Å². The Morgan fingerprint density at radius 3 is 1.94 bits per heavy atom. The lowest BCUT2D eigenvalue weighted by atomic mass is 10.2. The molecule has 0 atom stereocenters. The average Bonchev–Trinajstić information content (AvgIpc) is 2.15. The van der Waals surface area contributed by atoms with Crippen molar-refractivity contribution in [3.05, 3.63) is 30.1 Å². The van der Waals surface area contributed by atoms with E-state index in [1.54, 1.807) is 0 Å².